The van der Waals surface area contributed by atoms with Gasteiger partial charge >= 0.3 is 0 Å². The van der Waals surface area contributed by atoms with Crippen LogP contribution in [0, 0.1) is 5.82 Å². The average Bonchev–Trinajstić information content (AvgIpc) is 3.27. The highest BCUT2D eigenvalue weighted by Gasteiger charge is 2.40. The second-order valence-corrected chi connectivity index (χ2v) is 10.2. The molecular formula is C23H28FN3O3S. The Labute approximate surface area is 183 Å². The van der Waals surface area contributed by atoms with Crippen molar-refractivity contribution in [2.45, 2.75) is 49.2 Å². The van der Waals surface area contributed by atoms with Crippen molar-refractivity contribution in [3.63, 3.8) is 0 Å². The van der Waals surface area contributed by atoms with Gasteiger partial charge in [-0.25, -0.2) is 12.8 Å². The molecule has 0 saturated carbocycles. The van der Waals surface area contributed by atoms with Crippen molar-refractivity contribution >= 4 is 15.9 Å². The number of halogens is 1. The fraction of sp³-hybridized carbons (Fsp3) is 0.435. The van der Waals surface area contributed by atoms with E-state index in [1.165, 1.54) is 22.0 Å². The Bertz CT molecular complexity index is 990. The molecule has 2 aliphatic heterocycles. The third-order valence-electron chi connectivity index (χ3n) is 6.11. The standard InChI is InChI=1S/C23H28FN3O3S/c24-19-8-10-21(11-9-19)31(29,30)27-14-4-7-22(27)23(28)25-20-12-15-26(16-13-20)17-18-5-2-1-3-6-18/h1-3,5-6,8-11,20,22H,4,7,12-17H2,(H,25,28)/t22-/m1/s1. The predicted octanol–water partition coefficient (Wildman–Crippen LogP) is 2.76. The highest BCUT2D eigenvalue weighted by molar-refractivity contribution is 7.89. The second kappa shape index (κ2) is 9.46. The quantitative estimate of drug-likeness (QED) is 0.742. The lowest BCUT2D eigenvalue weighted by Crippen LogP contribution is -2.51. The lowest BCUT2D eigenvalue weighted by atomic mass is 10.0. The van der Waals surface area contributed by atoms with Crippen molar-refractivity contribution in [1.29, 1.82) is 0 Å². The Morgan fingerprint density at radius 1 is 0.968 bits per heavy atom. The van der Waals surface area contributed by atoms with E-state index in [2.05, 4.69) is 22.3 Å². The van der Waals surface area contributed by atoms with Crippen molar-refractivity contribution < 1.29 is 17.6 Å². The molecule has 2 saturated heterocycles. The molecule has 0 bridgehead atoms. The molecule has 0 unspecified atom stereocenters. The molecule has 2 heterocycles. The zero-order valence-corrected chi connectivity index (χ0v) is 18.2. The molecule has 1 amide bonds. The first-order valence-corrected chi connectivity index (χ1v) is 12.2. The van der Waals surface area contributed by atoms with Crippen LogP contribution in [-0.2, 0) is 21.4 Å². The largest absolute Gasteiger partial charge is 0.352 e. The van der Waals surface area contributed by atoms with Crippen LogP contribution in [0.1, 0.15) is 31.2 Å². The lowest BCUT2D eigenvalue weighted by Gasteiger charge is -2.33. The summed E-state index contributed by atoms with van der Waals surface area (Å²) in [6.45, 7) is 2.98. The Morgan fingerprint density at radius 2 is 1.65 bits per heavy atom. The van der Waals surface area contributed by atoms with Gasteiger partial charge in [-0.3, -0.25) is 9.69 Å². The predicted molar refractivity (Wildman–Crippen MR) is 116 cm³/mol. The zero-order valence-electron chi connectivity index (χ0n) is 17.4. The van der Waals surface area contributed by atoms with Gasteiger partial charge in [0.15, 0.2) is 0 Å². The molecule has 31 heavy (non-hydrogen) atoms. The minimum atomic E-state index is -3.84. The maximum absolute atomic E-state index is 13.2. The summed E-state index contributed by atoms with van der Waals surface area (Å²) in [6, 6.07) is 14.4. The molecule has 1 N–H and O–H groups in total. The summed E-state index contributed by atoms with van der Waals surface area (Å²) in [6.07, 6.45) is 2.82. The van der Waals surface area contributed by atoms with Crippen molar-refractivity contribution in [1.82, 2.24) is 14.5 Å². The smallest absolute Gasteiger partial charge is 0.243 e. The minimum Gasteiger partial charge on any atom is -0.352 e. The number of sulfonamides is 1. The number of carbonyl (C=O) groups is 1. The summed E-state index contributed by atoms with van der Waals surface area (Å²) in [5, 5.41) is 3.08. The van der Waals surface area contributed by atoms with E-state index in [0.717, 1.165) is 44.6 Å². The molecule has 166 valence electrons. The van der Waals surface area contributed by atoms with Gasteiger partial charge in [0.2, 0.25) is 15.9 Å². The third-order valence-corrected chi connectivity index (χ3v) is 8.03. The molecule has 8 heteroatoms. The van der Waals surface area contributed by atoms with Gasteiger partial charge in [0, 0.05) is 32.2 Å². The van der Waals surface area contributed by atoms with Crippen LogP contribution in [0.5, 0.6) is 0 Å². The first kappa shape index (κ1) is 21.9. The molecule has 0 aromatic heterocycles. The van der Waals surface area contributed by atoms with E-state index in [4.69, 9.17) is 0 Å². The lowest BCUT2D eigenvalue weighted by molar-refractivity contribution is -0.125. The first-order chi connectivity index (χ1) is 14.9. The van der Waals surface area contributed by atoms with E-state index in [-0.39, 0.29) is 16.8 Å². The van der Waals surface area contributed by atoms with E-state index in [1.807, 2.05) is 18.2 Å². The molecule has 2 fully saturated rings. The van der Waals surface area contributed by atoms with E-state index in [9.17, 15) is 17.6 Å². The number of benzene rings is 2. The Hall–Kier alpha value is -2.29. The summed E-state index contributed by atoms with van der Waals surface area (Å²) >= 11 is 0. The summed E-state index contributed by atoms with van der Waals surface area (Å²) in [5.41, 5.74) is 1.28. The highest BCUT2D eigenvalue weighted by atomic mass is 32.2. The molecule has 2 aliphatic rings. The number of rotatable bonds is 6. The number of amides is 1. The summed E-state index contributed by atoms with van der Waals surface area (Å²) in [5.74, 6) is -0.724. The summed E-state index contributed by atoms with van der Waals surface area (Å²) < 4.78 is 40.4. The Balaban J connectivity index is 1.33. The fourth-order valence-corrected chi connectivity index (χ4v) is 6.06. The van der Waals surface area contributed by atoms with Gasteiger partial charge in [-0.05, 0) is 55.5 Å². The number of likely N-dealkylation sites (tertiary alicyclic amines) is 1. The van der Waals surface area contributed by atoms with Gasteiger partial charge in [-0.2, -0.15) is 4.31 Å². The number of nitrogens with one attached hydrogen (secondary N) is 1. The molecule has 2 aromatic rings. The Morgan fingerprint density at radius 3 is 2.32 bits per heavy atom. The van der Waals surface area contributed by atoms with E-state index in [0.29, 0.717) is 19.4 Å². The number of nitrogens with zero attached hydrogens (tertiary/aromatic N) is 2. The number of hydrogen-bond donors (Lipinski definition) is 1. The van der Waals surface area contributed by atoms with Crippen LogP contribution >= 0.6 is 0 Å². The van der Waals surface area contributed by atoms with Crippen LogP contribution in [-0.4, -0.2) is 55.2 Å². The van der Waals surface area contributed by atoms with Crippen LogP contribution < -0.4 is 5.32 Å². The van der Waals surface area contributed by atoms with Gasteiger partial charge in [0.25, 0.3) is 0 Å². The number of piperidine rings is 1. The monoisotopic (exact) mass is 445 g/mol. The summed E-state index contributed by atoms with van der Waals surface area (Å²) in [4.78, 5) is 15.3. The summed E-state index contributed by atoms with van der Waals surface area (Å²) in [7, 11) is -3.84. The molecule has 0 aliphatic carbocycles. The van der Waals surface area contributed by atoms with Crippen LogP contribution in [0.2, 0.25) is 0 Å². The van der Waals surface area contributed by atoms with Gasteiger partial charge in [0.05, 0.1) is 4.90 Å². The molecule has 4 rings (SSSR count). The number of carbonyl (C=O) groups excluding carboxylic acids is 1. The first-order valence-electron chi connectivity index (χ1n) is 10.8. The van der Waals surface area contributed by atoms with Crippen molar-refractivity contribution in [3.8, 4) is 0 Å². The highest BCUT2D eigenvalue weighted by Crippen LogP contribution is 2.27. The minimum absolute atomic E-state index is 0.0165. The van der Waals surface area contributed by atoms with Crippen molar-refractivity contribution in [2.24, 2.45) is 0 Å². The van der Waals surface area contributed by atoms with Gasteiger partial charge < -0.3 is 5.32 Å². The van der Waals surface area contributed by atoms with Crippen LogP contribution in [0.3, 0.4) is 0 Å². The fourth-order valence-electron chi connectivity index (χ4n) is 4.41. The molecule has 0 spiro atoms. The normalized spacial score (nSPS) is 21.3. The maximum Gasteiger partial charge on any atom is 0.243 e. The molecule has 0 radical (unpaired) electrons. The molecular weight excluding hydrogens is 417 g/mol. The van der Waals surface area contributed by atoms with E-state index >= 15 is 0 Å². The molecule has 6 nitrogen and oxygen atoms in total. The average molecular weight is 446 g/mol. The topological polar surface area (TPSA) is 69.7 Å². The van der Waals surface area contributed by atoms with Crippen LogP contribution in [0.15, 0.2) is 59.5 Å². The number of hydrogen-bond acceptors (Lipinski definition) is 4. The zero-order chi connectivity index (χ0) is 21.8. The van der Waals surface area contributed by atoms with Crippen LogP contribution in [0.4, 0.5) is 4.39 Å². The molecule has 2 aromatic carbocycles. The SMILES string of the molecule is O=C(NC1CCN(Cc2ccccc2)CC1)[C@H]1CCCN1S(=O)(=O)c1ccc(F)cc1. The van der Waals surface area contributed by atoms with E-state index in [1.54, 1.807) is 0 Å². The van der Waals surface area contributed by atoms with Crippen molar-refractivity contribution in [3.05, 3.63) is 66.0 Å². The molecule has 1 atom stereocenters. The van der Waals surface area contributed by atoms with E-state index < -0.39 is 21.9 Å². The van der Waals surface area contributed by atoms with Crippen molar-refractivity contribution in [2.75, 3.05) is 19.6 Å². The second-order valence-electron chi connectivity index (χ2n) is 8.27. The van der Waals surface area contributed by atoms with Gasteiger partial charge in [0.1, 0.15) is 11.9 Å². The maximum atomic E-state index is 13.2. The third kappa shape index (κ3) is 5.14. The van der Waals surface area contributed by atoms with Crippen LogP contribution in [0.25, 0.3) is 0 Å². The Kier molecular flexibility index (Phi) is 6.69. The van der Waals surface area contributed by atoms with Gasteiger partial charge in [-0.1, -0.05) is 30.3 Å². The van der Waals surface area contributed by atoms with Gasteiger partial charge in [-0.15, -0.1) is 0 Å².